The van der Waals surface area contributed by atoms with Crippen molar-refractivity contribution < 1.29 is 19.5 Å². The van der Waals surface area contributed by atoms with Crippen LogP contribution in [0.3, 0.4) is 0 Å². The average molecular weight is 268 g/mol. The van der Waals surface area contributed by atoms with E-state index >= 15 is 0 Å². The van der Waals surface area contributed by atoms with Gasteiger partial charge in [-0.3, -0.25) is 4.90 Å². The zero-order valence-electron chi connectivity index (χ0n) is 7.60. The Morgan fingerprint density at radius 3 is 1.29 bits per heavy atom. The van der Waals surface area contributed by atoms with Gasteiger partial charge >= 0.3 is 0 Å². The Morgan fingerprint density at radius 1 is 0.929 bits per heavy atom. The molecule has 0 aliphatic carbocycles. The van der Waals surface area contributed by atoms with Crippen molar-refractivity contribution in [3.8, 4) is 0 Å². The maximum absolute atomic E-state index is 9.09. The van der Waals surface area contributed by atoms with E-state index in [-0.39, 0.29) is 19.8 Å². The molecule has 0 aliphatic rings. The first-order valence-electron chi connectivity index (χ1n) is 3.87. The molecule has 0 aromatic heterocycles. The van der Waals surface area contributed by atoms with Crippen LogP contribution in [0.4, 0.5) is 0 Å². The first-order valence-corrected chi connectivity index (χ1v) is 6.67. The Hall–Kier alpha value is 0.570. The summed E-state index contributed by atoms with van der Waals surface area (Å²) in [6, 6.07) is 0. The van der Waals surface area contributed by atoms with Crippen molar-refractivity contribution in [2.45, 2.75) is 0 Å². The molecule has 0 rings (SSSR count). The summed E-state index contributed by atoms with van der Waals surface area (Å²) >= 11 is 0. The molecule has 5 nitrogen and oxygen atoms in total. The fourth-order valence-corrected chi connectivity index (χ4v) is 0.760. The van der Waals surface area contributed by atoms with Crippen LogP contribution in [0.1, 0.15) is 0 Å². The van der Waals surface area contributed by atoms with E-state index in [0.29, 0.717) is 19.6 Å². The Morgan fingerprint density at radius 2 is 1.14 bits per heavy atom. The van der Waals surface area contributed by atoms with Crippen LogP contribution >= 0.6 is 21.4 Å². The predicted molar refractivity (Wildman–Crippen MR) is 57.5 cm³/mol. The zero-order valence-corrected chi connectivity index (χ0v) is 9.93. The Labute approximate surface area is 94.7 Å². The van der Waals surface area contributed by atoms with E-state index in [4.69, 9.17) is 19.5 Å². The minimum absolute atomic E-state index is 0.0694. The third-order valence-electron chi connectivity index (χ3n) is 1.25. The van der Waals surface area contributed by atoms with Gasteiger partial charge in [0.1, 0.15) is 0 Å². The summed E-state index contributed by atoms with van der Waals surface area (Å²) in [5.74, 6) is 0. The van der Waals surface area contributed by atoms with Crippen molar-refractivity contribution in [2.24, 2.45) is 0 Å². The number of hydrogen-bond donors (Lipinski definition) is 3. The first-order chi connectivity index (χ1) is 6.58. The second-order valence-corrected chi connectivity index (χ2v) is 4.72. The molecule has 14 heavy (non-hydrogen) atoms. The van der Waals surface area contributed by atoms with E-state index in [1.807, 2.05) is 0 Å². The van der Waals surface area contributed by atoms with E-state index in [1.54, 1.807) is 4.90 Å². The molecule has 8 heteroatoms. The first kappa shape index (κ1) is 17.0. The summed E-state index contributed by atoms with van der Waals surface area (Å²) in [6.07, 6.45) is 0. The van der Waals surface area contributed by atoms with Crippen LogP contribution in [0.2, 0.25) is 0 Å². The molecule has 0 fully saturated rings. The van der Waals surface area contributed by atoms with Crippen molar-refractivity contribution in [3.63, 3.8) is 0 Å². The molecule has 0 aromatic rings. The van der Waals surface area contributed by atoms with Crippen LogP contribution in [0.15, 0.2) is 0 Å². The van der Waals surface area contributed by atoms with E-state index in [2.05, 4.69) is 21.4 Å². The Balaban J connectivity index is 0. The smallest absolute Gasteiger partial charge is 0.211 e. The molecule has 0 bridgehead atoms. The van der Waals surface area contributed by atoms with E-state index in [0.717, 1.165) is 0 Å². The van der Waals surface area contributed by atoms with Crippen LogP contribution in [0.25, 0.3) is 0 Å². The highest BCUT2D eigenvalue weighted by Crippen LogP contribution is 1.89. The minimum Gasteiger partial charge on any atom is -0.395 e. The van der Waals surface area contributed by atoms with Gasteiger partial charge in [0.15, 0.2) is 0 Å². The largest absolute Gasteiger partial charge is 0.395 e. The number of nitrogens with zero attached hydrogens (tertiary/aromatic N) is 1. The van der Waals surface area contributed by atoms with E-state index in [9.17, 15) is 0 Å². The van der Waals surface area contributed by atoms with Crippen LogP contribution in [-0.2, 0) is 9.23 Å². The molecule has 0 amide bonds. The third-order valence-corrected chi connectivity index (χ3v) is 1.25. The normalized spacial score (nSPS) is 10.2. The van der Waals surface area contributed by atoms with Crippen molar-refractivity contribution in [1.82, 2.24) is 4.90 Å². The van der Waals surface area contributed by atoms with Gasteiger partial charge in [-0.15, -0.1) is 0 Å². The van der Waals surface area contributed by atoms with Gasteiger partial charge in [0, 0.05) is 41.0 Å². The monoisotopic (exact) mass is 267 g/mol. The standard InChI is InChI=1S/C6H15NO3.Cl2OS/c8-4-1-7(2-5-9)3-6-10;1-4(2)3/h8-10H,1-6H2;. The summed E-state index contributed by atoms with van der Waals surface area (Å²) in [4.78, 5) is 1.79. The fraction of sp³-hybridized carbons (Fsp3) is 1.00. The highest BCUT2D eigenvalue weighted by Gasteiger charge is 2.00. The van der Waals surface area contributed by atoms with Gasteiger partial charge in [-0.2, -0.15) is 0 Å². The molecule has 0 spiro atoms. The number of aliphatic hydroxyl groups is 3. The summed E-state index contributed by atoms with van der Waals surface area (Å²) in [6.45, 7) is 1.75. The SMILES string of the molecule is O=S(Cl)Cl.OCCN(CCO)CCO. The highest BCUT2D eigenvalue weighted by atomic mass is 36.0. The molecule has 3 N–H and O–H groups in total. The summed E-state index contributed by atoms with van der Waals surface area (Å²) in [7, 11) is 7.36. The Bertz CT molecular complexity index is 123. The molecule has 88 valence electrons. The van der Waals surface area contributed by atoms with Crippen molar-refractivity contribution in [3.05, 3.63) is 0 Å². The van der Waals surface area contributed by atoms with Gasteiger partial charge in [0.25, 0.3) is 0 Å². The van der Waals surface area contributed by atoms with Gasteiger partial charge in [0.05, 0.1) is 19.8 Å². The van der Waals surface area contributed by atoms with Crippen LogP contribution in [0, 0.1) is 0 Å². The minimum atomic E-state index is -1.67. The number of hydrogen-bond acceptors (Lipinski definition) is 5. The van der Waals surface area contributed by atoms with Gasteiger partial charge in [-0.05, 0) is 0 Å². The molecule has 0 unspecified atom stereocenters. The van der Waals surface area contributed by atoms with Crippen LogP contribution in [0.5, 0.6) is 0 Å². The van der Waals surface area contributed by atoms with Crippen LogP contribution < -0.4 is 0 Å². The van der Waals surface area contributed by atoms with E-state index in [1.165, 1.54) is 0 Å². The molecule has 0 radical (unpaired) electrons. The predicted octanol–water partition coefficient (Wildman–Crippen LogP) is -0.692. The lowest BCUT2D eigenvalue weighted by molar-refractivity contribution is 0.136. The maximum atomic E-state index is 9.09. The summed E-state index contributed by atoms with van der Waals surface area (Å²) in [5, 5.41) is 25.5. The van der Waals surface area contributed by atoms with Crippen LogP contribution in [-0.4, -0.2) is 63.9 Å². The second kappa shape index (κ2) is 13.6. The molecule has 0 saturated carbocycles. The zero-order chi connectivity index (χ0) is 11.4. The number of aliphatic hydroxyl groups excluding tert-OH is 3. The van der Waals surface area contributed by atoms with Gasteiger partial charge in [-0.1, -0.05) is 0 Å². The molecule has 0 heterocycles. The Kier molecular flexibility index (Phi) is 16.5. The van der Waals surface area contributed by atoms with Gasteiger partial charge in [0.2, 0.25) is 9.23 Å². The summed E-state index contributed by atoms with van der Waals surface area (Å²) < 4.78 is 9.09. The lowest BCUT2D eigenvalue weighted by atomic mass is 10.4. The highest BCUT2D eigenvalue weighted by molar-refractivity contribution is 8.26. The van der Waals surface area contributed by atoms with E-state index < -0.39 is 9.23 Å². The molecular formula is C6H15Cl2NO4S. The average Bonchev–Trinajstić information content (AvgIpc) is 2.04. The molecule has 0 aliphatic heterocycles. The fourth-order valence-electron chi connectivity index (χ4n) is 0.760. The molecule has 0 aromatic carbocycles. The lowest BCUT2D eigenvalue weighted by Gasteiger charge is -2.17. The van der Waals surface area contributed by atoms with Gasteiger partial charge in [-0.25, -0.2) is 4.21 Å². The topological polar surface area (TPSA) is 81.0 Å². The quantitative estimate of drug-likeness (QED) is 0.555. The molecule has 0 atom stereocenters. The number of rotatable bonds is 6. The molecular weight excluding hydrogens is 253 g/mol. The second-order valence-electron chi connectivity index (χ2n) is 2.20. The summed E-state index contributed by atoms with van der Waals surface area (Å²) in [5.41, 5.74) is 0. The third kappa shape index (κ3) is 18.4. The van der Waals surface area contributed by atoms with Crippen molar-refractivity contribution in [1.29, 1.82) is 0 Å². The number of halogens is 2. The van der Waals surface area contributed by atoms with Crippen molar-refractivity contribution >= 4 is 30.6 Å². The lowest BCUT2D eigenvalue weighted by Crippen LogP contribution is -2.32. The van der Waals surface area contributed by atoms with Crippen molar-refractivity contribution in [2.75, 3.05) is 39.5 Å². The maximum Gasteiger partial charge on any atom is 0.211 e. The molecule has 0 saturated heterocycles. The van der Waals surface area contributed by atoms with Gasteiger partial charge < -0.3 is 15.3 Å².